The van der Waals surface area contributed by atoms with Gasteiger partial charge in [0.2, 0.25) is 0 Å². The SMILES string of the molecule is OC1c2c(C(F)(F)F)nn(CCC(F)(F)F)c2CCC1(F)F. The molecule has 0 saturated carbocycles. The van der Waals surface area contributed by atoms with Crippen LogP contribution in [0, 0.1) is 0 Å². The highest BCUT2D eigenvalue weighted by atomic mass is 19.4. The van der Waals surface area contributed by atoms with Crippen LogP contribution in [0.1, 0.15) is 35.9 Å². The van der Waals surface area contributed by atoms with Crippen LogP contribution >= 0.6 is 0 Å². The molecule has 0 aromatic carbocycles. The average molecular weight is 338 g/mol. The Labute approximate surface area is 118 Å². The summed E-state index contributed by atoms with van der Waals surface area (Å²) in [6.07, 6.45) is -15.5. The van der Waals surface area contributed by atoms with Crippen LogP contribution in [0.25, 0.3) is 0 Å². The Morgan fingerprint density at radius 2 is 1.77 bits per heavy atom. The van der Waals surface area contributed by atoms with E-state index in [1.54, 1.807) is 0 Å². The molecule has 2 rings (SSSR count). The molecular weight excluding hydrogens is 328 g/mol. The Kier molecular flexibility index (Phi) is 3.91. The number of nitrogens with zero attached hydrogens (tertiary/aromatic N) is 2. The first-order chi connectivity index (χ1) is 9.83. The lowest BCUT2D eigenvalue weighted by molar-refractivity contribution is -0.150. The Morgan fingerprint density at radius 1 is 1.18 bits per heavy atom. The first-order valence-electron chi connectivity index (χ1n) is 6.12. The Balaban J connectivity index is 2.47. The van der Waals surface area contributed by atoms with Gasteiger partial charge in [0.15, 0.2) is 5.69 Å². The second-order valence-corrected chi connectivity index (χ2v) is 4.96. The van der Waals surface area contributed by atoms with Crippen molar-refractivity contribution in [2.75, 3.05) is 0 Å². The number of aromatic nitrogens is 2. The van der Waals surface area contributed by atoms with Gasteiger partial charge >= 0.3 is 12.4 Å². The van der Waals surface area contributed by atoms with Gasteiger partial charge in [-0.05, 0) is 6.42 Å². The summed E-state index contributed by atoms with van der Waals surface area (Å²) in [7, 11) is 0. The fourth-order valence-electron chi connectivity index (χ4n) is 2.32. The summed E-state index contributed by atoms with van der Waals surface area (Å²) in [5, 5.41) is 12.4. The van der Waals surface area contributed by atoms with Crippen molar-refractivity contribution in [3.8, 4) is 0 Å². The van der Waals surface area contributed by atoms with Crippen LogP contribution in [0.4, 0.5) is 35.1 Å². The number of fused-ring (bicyclic) bond motifs is 1. The molecule has 1 unspecified atom stereocenters. The third-order valence-corrected chi connectivity index (χ3v) is 3.34. The second kappa shape index (κ2) is 5.07. The largest absolute Gasteiger partial charge is 0.435 e. The van der Waals surface area contributed by atoms with Gasteiger partial charge in [0.05, 0.1) is 6.42 Å². The fourth-order valence-corrected chi connectivity index (χ4v) is 2.32. The molecule has 0 radical (unpaired) electrons. The highest BCUT2D eigenvalue weighted by Crippen LogP contribution is 2.46. The molecule has 0 aliphatic heterocycles. The summed E-state index contributed by atoms with van der Waals surface area (Å²) < 4.78 is 102. The summed E-state index contributed by atoms with van der Waals surface area (Å²) in [6, 6.07) is 0. The lowest BCUT2D eigenvalue weighted by Gasteiger charge is -2.28. The van der Waals surface area contributed by atoms with Crippen molar-refractivity contribution < 1.29 is 40.2 Å². The molecule has 0 spiro atoms. The van der Waals surface area contributed by atoms with Gasteiger partial charge < -0.3 is 5.11 Å². The Hall–Kier alpha value is -1.39. The number of hydrogen-bond acceptors (Lipinski definition) is 2. The quantitative estimate of drug-likeness (QED) is 0.839. The highest BCUT2D eigenvalue weighted by Gasteiger charge is 2.51. The van der Waals surface area contributed by atoms with E-state index < -0.39 is 67.1 Å². The van der Waals surface area contributed by atoms with Gasteiger partial charge in [0.25, 0.3) is 5.92 Å². The molecule has 1 atom stereocenters. The van der Waals surface area contributed by atoms with Crippen molar-refractivity contribution in [2.24, 2.45) is 0 Å². The zero-order chi connectivity index (χ0) is 16.9. The highest BCUT2D eigenvalue weighted by molar-refractivity contribution is 5.35. The minimum absolute atomic E-state index is 0.407. The van der Waals surface area contributed by atoms with Gasteiger partial charge in [-0.2, -0.15) is 31.4 Å². The maximum atomic E-state index is 13.4. The average Bonchev–Trinajstić information content (AvgIpc) is 2.70. The Morgan fingerprint density at radius 3 is 2.27 bits per heavy atom. The van der Waals surface area contributed by atoms with Crippen molar-refractivity contribution >= 4 is 0 Å². The van der Waals surface area contributed by atoms with Gasteiger partial charge in [-0.15, -0.1) is 0 Å². The molecular formula is C11H10F8N2O. The van der Waals surface area contributed by atoms with E-state index in [0.29, 0.717) is 4.68 Å². The van der Waals surface area contributed by atoms with E-state index in [9.17, 15) is 40.2 Å². The monoisotopic (exact) mass is 338 g/mol. The molecule has 11 heteroatoms. The molecule has 1 heterocycles. The smallest absolute Gasteiger partial charge is 0.382 e. The van der Waals surface area contributed by atoms with E-state index in [2.05, 4.69) is 5.10 Å². The van der Waals surface area contributed by atoms with E-state index in [1.165, 1.54) is 0 Å². The lowest BCUT2D eigenvalue weighted by Crippen LogP contribution is -2.33. The summed E-state index contributed by atoms with van der Waals surface area (Å²) in [5.41, 5.74) is -3.34. The van der Waals surface area contributed by atoms with Crippen molar-refractivity contribution in [2.45, 2.75) is 50.2 Å². The maximum absolute atomic E-state index is 13.4. The van der Waals surface area contributed by atoms with Gasteiger partial charge in [0, 0.05) is 24.2 Å². The van der Waals surface area contributed by atoms with Crippen LogP contribution < -0.4 is 0 Å². The topological polar surface area (TPSA) is 38.1 Å². The molecule has 0 fully saturated rings. The van der Waals surface area contributed by atoms with Crippen LogP contribution in [-0.2, 0) is 19.1 Å². The minimum Gasteiger partial charge on any atom is -0.382 e. The molecule has 126 valence electrons. The van der Waals surface area contributed by atoms with E-state index in [0.717, 1.165) is 0 Å². The van der Waals surface area contributed by atoms with Crippen LogP contribution in [0.3, 0.4) is 0 Å². The van der Waals surface area contributed by atoms with Gasteiger partial charge in [-0.25, -0.2) is 8.78 Å². The molecule has 1 aromatic rings. The van der Waals surface area contributed by atoms with E-state index in [1.807, 2.05) is 0 Å². The van der Waals surface area contributed by atoms with Gasteiger partial charge in [0.1, 0.15) is 6.10 Å². The van der Waals surface area contributed by atoms with Crippen molar-refractivity contribution in [3.63, 3.8) is 0 Å². The molecule has 3 nitrogen and oxygen atoms in total. The van der Waals surface area contributed by atoms with E-state index >= 15 is 0 Å². The number of aliphatic hydroxyl groups excluding tert-OH is 1. The lowest BCUT2D eigenvalue weighted by atomic mass is 9.89. The first-order valence-corrected chi connectivity index (χ1v) is 6.12. The number of rotatable bonds is 2. The van der Waals surface area contributed by atoms with Crippen LogP contribution in [0.5, 0.6) is 0 Å². The normalized spacial score (nSPS) is 21.8. The number of hydrogen-bond donors (Lipinski definition) is 1. The molecule has 0 amide bonds. The number of alkyl halides is 8. The molecule has 1 aromatic heterocycles. The molecule has 22 heavy (non-hydrogen) atoms. The predicted octanol–water partition coefficient (Wildman–Crippen LogP) is 3.47. The van der Waals surface area contributed by atoms with Gasteiger partial charge in [-0.1, -0.05) is 0 Å². The van der Waals surface area contributed by atoms with Crippen molar-refractivity contribution in [1.82, 2.24) is 9.78 Å². The minimum atomic E-state index is -5.15. The van der Waals surface area contributed by atoms with E-state index in [-0.39, 0.29) is 0 Å². The first kappa shape index (κ1) is 17.0. The molecule has 1 aliphatic rings. The zero-order valence-electron chi connectivity index (χ0n) is 10.8. The summed E-state index contributed by atoms with van der Waals surface area (Å²) in [4.78, 5) is 0. The van der Waals surface area contributed by atoms with Crippen LogP contribution in [0.15, 0.2) is 0 Å². The van der Waals surface area contributed by atoms with Crippen molar-refractivity contribution in [3.05, 3.63) is 17.0 Å². The molecule has 0 bridgehead atoms. The van der Waals surface area contributed by atoms with Crippen molar-refractivity contribution in [1.29, 1.82) is 0 Å². The summed E-state index contributed by atoms with van der Waals surface area (Å²) in [5.74, 6) is -3.79. The van der Waals surface area contributed by atoms with Crippen LogP contribution in [-0.4, -0.2) is 27.0 Å². The predicted molar refractivity (Wildman–Crippen MR) is 56.1 cm³/mol. The zero-order valence-corrected chi connectivity index (χ0v) is 10.8. The van der Waals surface area contributed by atoms with Gasteiger partial charge in [-0.3, -0.25) is 4.68 Å². The summed E-state index contributed by atoms with van der Waals surface area (Å²) in [6.45, 7) is -0.930. The maximum Gasteiger partial charge on any atom is 0.435 e. The third-order valence-electron chi connectivity index (χ3n) is 3.34. The van der Waals surface area contributed by atoms with E-state index in [4.69, 9.17) is 0 Å². The van der Waals surface area contributed by atoms with Crippen LogP contribution in [0.2, 0.25) is 0 Å². The molecule has 1 N–H and O–H groups in total. The standard InChI is InChI=1S/C11H10F8N2O/c12-9(13)2-1-5-6(8(9)22)7(11(17,18)19)20-21(5)4-3-10(14,15)16/h8,22H,1-4H2. The molecule has 1 aliphatic carbocycles. The molecule has 0 saturated heterocycles. The fraction of sp³-hybridized carbons (Fsp3) is 0.727. The number of aryl methyl sites for hydroxylation is 1. The number of halogens is 8. The second-order valence-electron chi connectivity index (χ2n) is 4.96. The third kappa shape index (κ3) is 3.18. The number of aliphatic hydroxyl groups is 1. The summed E-state index contributed by atoms with van der Waals surface area (Å²) >= 11 is 0. The Bertz CT molecular complexity index is 560.